The smallest absolute Gasteiger partial charge is 0.115 e. The van der Waals surface area contributed by atoms with Crippen molar-refractivity contribution in [1.82, 2.24) is 0 Å². The minimum Gasteiger partial charge on any atom is -0.508 e. The van der Waals surface area contributed by atoms with E-state index in [2.05, 4.69) is 52.0 Å². The molecule has 0 atom stereocenters. The first-order chi connectivity index (χ1) is 8.43. The summed E-state index contributed by atoms with van der Waals surface area (Å²) in [5.41, 5.74) is 4.97. The molecule has 0 radical (unpaired) electrons. The zero-order valence-corrected chi connectivity index (χ0v) is 11.5. The molecule has 0 heterocycles. The van der Waals surface area contributed by atoms with Crippen LogP contribution < -0.4 is 0 Å². The van der Waals surface area contributed by atoms with E-state index in [1.165, 1.54) is 16.7 Å². The van der Waals surface area contributed by atoms with Crippen LogP contribution in [0.25, 0.3) is 0 Å². The Morgan fingerprint density at radius 3 is 2.06 bits per heavy atom. The minimum atomic E-state index is -0.0525. The predicted octanol–water partition coefficient (Wildman–Crippen LogP) is 4.33. The van der Waals surface area contributed by atoms with Crippen molar-refractivity contribution in [2.45, 2.75) is 33.1 Å². The van der Waals surface area contributed by atoms with E-state index in [4.69, 9.17) is 0 Å². The Labute approximate surface area is 109 Å². The van der Waals surface area contributed by atoms with Crippen LogP contribution in [0, 0.1) is 13.8 Å². The molecule has 1 nitrogen and oxygen atoms in total. The summed E-state index contributed by atoms with van der Waals surface area (Å²) in [6.45, 7) is 8.66. The maximum atomic E-state index is 9.53. The first-order valence-corrected chi connectivity index (χ1v) is 6.29. The predicted molar refractivity (Wildman–Crippen MR) is 76.2 cm³/mol. The third-order valence-corrected chi connectivity index (χ3v) is 3.70. The summed E-state index contributed by atoms with van der Waals surface area (Å²) < 4.78 is 0. The van der Waals surface area contributed by atoms with Crippen LogP contribution in [0.4, 0.5) is 0 Å². The lowest BCUT2D eigenvalue weighted by Gasteiger charge is -2.29. The van der Waals surface area contributed by atoms with E-state index in [-0.39, 0.29) is 5.41 Å². The molecule has 0 aromatic heterocycles. The Balaban J connectivity index is 2.58. The van der Waals surface area contributed by atoms with Gasteiger partial charge in [-0.25, -0.2) is 0 Å². The van der Waals surface area contributed by atoms with Crippen molar-refractivity contribution in [3.05, 3.63) is 64.7 Å². The lowest BCUT2D eigenvalue weighted by Crippen LogP contribution is -2.21. The van der Waals surface area contributed by atoms with Crippen LogP contribution >= 0.6 is 0 Å². The highest BCUT2D eigenvalue weighted by molar-refractivity contribution is 5.46. The van der Waals surface area contributed by atoms with Crippen LogP contribution in [0.3, 0.4) is 0 Å². The third kappa shape index (κ3) is 2.13. The third-order valence-electron chi connectivity index (χ3n) is 3.70. The van der Waals surface area contributed by atoms with Gasteiger partial charge in [-0.05, 0) is 48.2 Å². The Morgan fingerprint density at radius 1 is 0.833 bits per heavy atom. The molecule has 0 fully saturated rings. The summed E-state index contributed by atoms with van der Waals surface area (Å²) in [7, 11) is 0. The molecule has 0 aliphatic carbocycles. The molecule has 0 aliphatic heterocycles. The highest BCUT2D eigenvalue weighted by Gasteiger charge is 2.26. The molecule has 2 aromatic carbocycles. The van der Waals surface area contributed by atoms with Crippen LogP contribution in [0.2, 0.25) is 0 Å². The second kappa shape index (κ2) is 4.49. The van der Waals surface area contributed by atoms with Gasteiger partial charge in [0.2, 0.25) is 0 Å². The fourth-order valence-corrected chi connectivity index (χ4v) is 2.77. The van der Waals surface area contributed by atoms with E-state index < -0.39 is 0 Å². The van der Waals surface area contributed by atoms with E-state index in [9.17, 15) is 5.11 Å². The fourth-order valence-electron chi connectivity index (χ4n) is 2.77. The summed E-state index contributed by atoms with van der Waals surface area (Å²) in [5.74, 6) is 0.330. The standard InChI is InChI=1S/C17H20O/c1-12-7-5-6-8-15(12)17(3,4)16-10-9-14(18)11-13(16)2/h5-11,18H,1-4H3. The largest absolute Gasteiger partial charge is 0.508 e. The molecule has 0 aliphatic rings. The van der Waals surface area contributed by atoms with Gasteiger partial charge in [-0.15, -0.1) is 0 Å². The summed E-state index contributed by atoms with van der Waals surface area (Å²) in [5, 5.41) is 9.53. The van der Waals surface area contributed by atoms with E-state index >= 15 is 0 Å². The maximum Gasteiger partial charge on any atom is 0.115 e. The van der Waals surface area contributed by atoms with Crippen LogP contribution in [0.1, 0.15) is 36.1 Å². The quantitative estimate of drug-likeness (QED) is 0.828. The van der Waals surface area contributed by atoms with Crippen LogP contribution in [-0.4, -0.2) is 5.11 Å². The first-order valence-electron chi connectivity index (χ1n) is 6.29. The molecule has 0 unspecified atom stereocenters. The van der Waals surface area contributed by atoms with Gasteiger partial charge in [0.1, 0.15) is 5.75 Å². The molecule has 0 saturated carbocycles. The van der Waals surface area contributed by atoms with E-state index in [0.717, 1.165) is 5.56 Å². The Kier molecular flexibility index (Phi) is 3.16. The van der Waals surface area contributed by atoms with E-state index in [0.29, 0.717) is 5.75 Å². The van der Waals surface area contributed by atoms with Crippen LogP contribution in [0.15, 0.2) is 42.5 Å². The van der Waals surface area contributed by atoms with Gasteiger partial charge in [0.25, 0.3) is 0 Å². The molecule has 0 bridgehead atoms. The van der Waals surface area contributed by atoms with Crippen LogP contribution in [-0.2, 0) is 5.41 Å². The normalized spacial score (nSPS) is 11.6. The molecule has 0 spiro atoms. The highest BCUT2D eigenvalue weighted by Crippen LogP contribution is 2.36. The molecule has 1 heteroatoms. The van der Waals surface area contributed by atoms with Gasteiger partial charge in [-0.3, -0.25) is 0 Å². The summed E-state index contributed by atoms with van der Waals surface area (Å²) >= 11 is 0. The van der Waals surface area contributed by atoms with Gasteiger partial charge in [0.15, 0.2) is 0 Å². The summed E-state index contributed by atoms with van der Waals surface area (Å²) in [6, 6.07) is 14.1. The average molecular weight is 240 g/mol. The Bertz CT molecular complexity index is 568. The topological polar surface area (TPSA) is 20.2 Å². The number of hydrogen-bond donors (Lipinski definition) is 1. The van der Waals surface area contributed by atoms with Crippen molar-refractivity contribution >= 4 is 0 Å². The van der Waals surface area contributed by atoms with Gasteiger partial charge < -0.3 is 5.11 Å². The van der Waals surface area contributed by atoms with E-state index in [1.807, 2.05) is 12.1 Å². The highest BCUT2D eigenvalue weighted by atomic mass is 16.3. The zero-order chi connectivity index (χ0) is 13.3. The summed E-state index contributed by atoms with van der Waals surface area (Å²) in [4.78, 5) is 0. The second-order valence-corrected chi connectivity index (χ2v) is 5.44. The van der Waals surface area contributed by atoms with Crippen molar-refractivity contribution in [2.24, 2.45) is 0 Å². The SMILES string of the molecule is Cc1ccccc1C(C)(C)c1ccc(O)cc1C. The Hall–Kier alpha value is -1.76. The van der Waals surface area contributed by atoms with Crippen molar-refractivity contribution in [2.75, 3.05) is 0 Å². The fraction of sp³-hybridized carbons (Fsp3) is 0.294. The second-order valence-electron chi connectivity index (χ2n) is 5.44. The number of phenolic OH excluding ortho intramolecular Hbond substituents is 1. The lowest BCUT2D eigenvalue weighted by atomic mass is 9.74. The van der Waals surface area contributed by atoms with Crippen molar-refractivity contribution < 1.29 is 5.11 Å². The Morgan fingerprint density at radius 2 is 1.44 bits per heavy atom. The molecule has 0 amide bonds. The number of aryl methyl sites for hydroxylation is 2. The van der Waals surface area contributed by atoms with Gasteiger partial charge in [0.05, 0.1) is 0 Å². The first kappa shape index (κ1) is 12.7. The number of benzene rings is 2. The number of aromatic hydroxyl groups is 1. The van der Waals surface area contributed by atoms with Crippen molar-refractivity contribution in [3.8, 4) is 5.75 Å². The molecule has 1 N–H and O–H groups in total. The molecule has 2 rings (SSSR count). The summed E-state index contributed by atoms with van der Waals surface area (Å²) in [6.07, 6.45) is 0. The van der Waals surface area contributed by atoms with Gasteiger partial charge in [-0.1, -0.05) is 44.2 Å². The molecule has 18 heavy (non-hydrogen) atoms. The lowest BCUT2D eigenvalue weighted by molar-refractivity contribution is 0.474. The monoisotopic (exact) mass is 240 g/mol. The number of hydrogen-bond acceptors (Lipinski definition) is 1. The van der Waals surface area contributed by atoms with Gasteiger partial charge in [0, 0.05) is 5.41 Å². The van der Waals surface area contributed by atoms with Gasteiger partial charge in [-0.2, -0.15) is 0 Å². The molecule has 94 valence electrons. The minimum absolute atomic E-state index is 0.0525. The van der Waals surface area contributed by atoms with E-state index in [1.54, 1.807) is 6.07 Å². The molecular weight excluding hydrogens is 220 g/mol. The molecule has 0 saturated heterocycles. The van der Waals surface area contributed by atoms with Gasteiger partial charge >= 0.3 is 0 Å². The maximum absolute atomic E-state index is 9.53. The zero-order valence-electron chi connectivity index (χ0n) is 11.5. The molecular formula is C17H20O. The van der Waals surface area contributed by atoms with Crippen molar-refractivity contribution in [1.29, 1.82) is 0 Å². The number of phenols is 1. The molecule has 2 aromatic rings. The number of rotatable bonds is 2. The van der Waals surface area contributed by atoms with Crippen molar-refractivity contribution in [3.63, 3.8) is 0 Å². The average Bonchev–Trinajstić information content (AvgIpc) is 2.28. The van der Waals surface area contributed by atoms with Crippen LogP contribution in [0.5, 0.6) is 5.75 Å².